The maximum absolute atomic E-state index is 12.1. The summed E-state index contributed by atoms with van der Waals surface area (Å²) >= 11 is 0. The number of furan rings is 1. The molecule has 0 bridgehead atoms. The van der Waals surface area contributed by atoms with Crippen LogP contribution in [0.2, 0.25) is 0 Å². The first kappa shape index (κ1) is 13.9. The first-order valence-electron chi connectivity index (χ1n) is 6.91. The molecule has 4 heteroatoms. The summed E-state index contributed by atoms with van der Waals surface area (Å²) in [4.78, 5) is 12.1. The number of benzene rings is 2. The van der Waals surface area contributed by atoms with Gasteiger partial charge in [-0.25, -0.2) is 0 Å². The first-order valence-corrected chi connectivity index (χ1v) is 6.91. The van der Waals surface area contributed by atoms with Gasteiger partial charge in [0.25, 0.3) is 5.91 Å². The zero-order chi connectivity index (χ0) is 15.4. The van der Waals surface area contributed by atoms with Crippen LogP contribution in [0.3, 0.4) is 0 Å². The van der Waals surface area contributed by atoms with Crippen molar-refractivity contribution in [1.82, 2.24) is 0 Å². The molecule has 1 amide bonds. The predicted octanol–water partition coefficient (Wildman–Crippen LogP) is 4.63. The Kier molecular flexibility index (Phi) is 3.92. The van der Waals surface area contributed by atoms with Gasteiger partial charge >= 0.3 is 0 Å². The Morgan fingerprint density at radius 2 is 1.64 bits per heavy atom. The van der Waals surface area contributed by atoms with Crippen LogP contribution in [0.5, 0.6) is 11.5 Å². The molecule has 1 N–H and O–H groups in total. The molecule has 0 radical (unpaired) electrons. The van der Waals surface area contributed by atoms with Crippen molar-refractivity contribution >= 4 is 11.6 Å². The lowest BCUT2D eigenvalue weighted by Crippen LogP contribution is -2.11. The molecule has 0 unspecified atom stereocenters. The number of ether oxygens (including phenoxy) is 1. The van der Waals surface area contributed by atoms with Crippen molar-refractivity contribution in [3.05, 3.63) is 78.3 Å². The highest BCUT2D eigenvalue weighted by Gasteiger charge is 2.11. The average Bonchev–Trinajstić information content (AvgIpc) is 2.96. The third kappa shape index (κ3) is 3.17. The molecule has 0 aliphatic heterocycles. The van der Waals surface area contributed by atoms with Gasteiger partial charge in [-0.05, 0) is 49.4 Å². The van der Waals surface area contributed by atoms with E-state index in [9.17, 15) is 4.79 Å². The molecule has 4 nitrogen and oxygen atoms in total. The zero-order valence-corrected chi connectivity index (χ0v) is 12.1. The number of amides is 1. The number of rotatable bonds is 4. The summed E-state index contributed by atoms with van der Waals surface area (Å²) < 4.78 is 10.8. The van der Waals surface area contributed by atoms with E-state index in [1.165, 1.54) is 6.26 Å². The van der Waals surface area contributed by atoms with E-state index in [-0.39, 0.29) is 5.91 Å². The molecule has 0 saturated heterocycles. The van der Waals surface area contributed by atoms with Crippen LogP contribution in [-0.4, -0.2) is 5.91 Å². The molecule has 0 spiro atoms. The van der Waals surface area contributed by atoms with E-state index in [1.54, 1.807) is 25.1 Å². The summed E-state index contributed by atoms with van der Waals surface area (Å²) in [5.41, 5.74) is 1.23. The smallest absolute Gasteiger partial charge is 0.259 e. The van der Waals surface area contributed by atoms with Gasteiger partial charge in [0.2, 0.25) is 0 Å². The van der Waals surface area contributed by atoms with Gasteiger partial charge in [0, 0.05) is 5.69 Å². The molecule has 0 aliphatic rings. The zero-order valence-electron chi connectivity index (χ0n) is 12.1. The molecule has 3 rings (SSSR count). The normalized spacial score (nSPS) is 10.2. The number of carbonyl (C=O) groups is 1. The van der Waals surface area contributed by atoms with Crippen LogP contribution in [0.4, 0.5) is 5.69 Å². The molecule has 2 aromatic carbocycles. The van der Waals surface area contributed by atoms with E-state index in [0.29, 0.717) is 22.8 Å². The average molecular weight is 293 g/mol. The minimum Gasteiger partial charge on any atom is -0.469 e. The summed E-state index contributed by atoms with van der Waals surface area (Å²) in [5.74, 6) is 1.89. The Morgan fingerprint density at radius 1 is 0.955 bits per heavy atom. The van der Waals surface area contributed by atoms with E-state index >= 15 is 0 Å². The van der Waals surface area contributed by atoms with Crippen LogP contribution in [0.25, 0.3) is 0 Å². The summed E-state index contributed by atoms with van der Waals surface area (Å²) in [5, 5.41) is 2.82. The second kappa shape index (κ2) is 6.18. The number of nitrogens with one attached hydrogen (secondary N) is 1. The van der Waals surface area contributed by atoms with Crippen LogP contribution in [-0.2, 0) is 0 Å². The number of para-hydroxylation sites is 1. The topological polar surface area (TPSA) is 51.5 Å². The summed E-state index contributed by atoms with van der Waals surface area (Å²) in [6.45, 7) is 1.76. The summed E-state index contributed by atoms with van der Waals surface area (Å²) in [6, 6.07) is 18.4. The van der Waals surface area contributed by atoms with E-state index in [1.807, 2.05) is 42.5 Å². The van der Waals surface area contributed by atoms with Gasteiger partial charge in [-0.2, -0.15) is 0 Å². The van der Waals surface area contributed by atoms with Gasteiger partial charge in [-0.15, -0.1) is 0 Å². The Labute approximate surface area is 128 Å². The molecule has 0 fully saturated rings. The van der Waals surface area contributed by atoms with Crippen LogP contribution in [0, 0.1) is 6.92 Å². The van der Waals surface area contributed by atoms with E-state index in [2.05, 4.69) is 5.32 Å². The van der Waals surface area contributed by atoms with Crippen molar-refractivity contribution in [3.8, 4) is 11.5 Å². The van der Waals surface area contributed by atoms with Crippen molar-refractivity contribution < 1.29 is 13.9 Å². The Hall–Kier alpha value is -3.01. The lowest BCUT2D eigenvalue weighted by molar-refractivity contribution is 0.102. The van der Waals surface area contributed by atoms with Gasteiger partial charge in [-0.3, -0.25) is 4.79 Å². The summed E-state index contributed by atoms with van der Waals surface area (Å²) in [6.07, 6.45) is 1.50. The Morgan fingerprint density at radius 3 is 2.27 bits per heavy atom. The lowest BCUT2D eigenvalue weighted by atomic mass is 10.2. The van der Waals surface area contributed by atoms with Crippen molar-refractivity contribution in [2.45, 2.75) is 6.92 Å². The molecule has 1 aromatic heterocycles. The minimum absolute atomic E-state index is 0.192. The maximum atomic E-state index is 12.1. The molecule has 1 heterocycles. The van der Waals surface area contributed by atoms with Crippen LogP contribution >= 0.6 is 0 Å². The summed E-state index contributed by atoms with van der Waals surface area (Å²) in [7, 11) is 0. The quantitative estimate of drug-likeness (QED) is 0.762. The Balaban J connectivity index is 1.67. The Bertz CT molecular complexity index is 761. The second-order valence-corrected chi connectivity index (χ2v) is 4.78. The standard InChI is InChI=1S/C18H15NO3/c1-13-17(11-12-21-13)18(20)19-14-7-9-16(10-8-14)22-15-5-3-2-4-6-15/h2-12H,1H3,(H,19,20). The predicted molar refractivity (Wildman–Crippen MR) is 84.4 cm³/mol. The molecule has 0 atom stereocenters. The van der Waals surface area contributed by atoms with Gasteiger partial charge < -0.3 is 14.5 Å². The largest absolute Gasteiger partial charge is 0.469 e. The fourth-order valence-electron chi connectivity index (χ4n) is 2.05. The van der Waals surface area contributed by atoms with Crippen molar-refractivity contribution in [2.75, 3.05) is 5.32 Å². The van der Waals surface area contributed by atoms with Gasteiger partial charge in [0.05, 0.1) is 11.8 Å². The number of aryl methyl sites for hydroxylation is 1. The van der Waals surface area contributed by atoms with Crippen LogP contribution in [0.1, 0.15) is 16.1 Å². The molecular formula is C18H15NO3. The van der Waals surface area contributed by atoms with Crippen LogP contribution < -0.4 is 10.1 Å². The SMILES string of the molecule is Cc1occc1C(=O)Nc1ccc(Oc2ccccc2)cc1. The third-order valence-corrected chi connectivity index (χ3v) is 3.19. The molecule has 3 aromatic rings. The fraction of sp³-hybridized carbons (Fsp3) is 0.0556. The van der Waals surface area contributed by atoms with Crippen molar-refractivity contribution in [2.24, 2.45) is 0 Å². The van der Waals surface area contributed by atoms with E-state index < -0.39 is 0 Å². The van der Waals surface area contributed by atoms with Gasteiger partial charge in [0.15, 0.2) is 0 Å². The van der Waals surface area contributed by atoms with Crippen molar-refractivity contribution in [1.29, 1.82) is 0 Å². The van der Waals surface area contributed by atoms with Crippen molar-refractivity contribution in [3.63, 3.8) is 0 Å². The third-order valence-electron chi connectivity index (χ3n) is 3.19. The number of hydrogen-bond acceptors (Lipinski definition) is 3. The van der Waals surface area contributed by atoms with Gasteiger partial charge in [0.1, 0.15) is 17.3 Å². The molecule has 110 valence electrons. The molecule has 22 heavy (non-hydrogen) atoms. The molecule has 0 saturated carbocycles. The number of anilines is 1. The monoisotopic (exact) mass is 293 g/mol. The number of carbonyl (C=O) groups excluding carboxylic acids is 1. The van der Waals surface area contributed by atoms with E-state index in [0.717, 1.165) is 5.75 Å². The molecule has 0 aliphatic carbocycles. The van der Waals surface area contributed by atoms with E-state index in [4.69, 9.17) is 9.15 Å². The first-order chi connectivity index (χ1) is 10.7. The molecular weight excluding hydrogens is 278 g/mol. The highest BCUT2D eigenvalue weighted by Crippen LogP contribution is 2.23. The van der Waals surface area contributed by atoms with Crippen LogP contribution in [0.15, 0.2) is 71.3 Å². The maximum Gasteiger partial charge on any atom is 0.259 e. The fourth-order valence-corrected chi connectivity index (χ4v) is 2.05. The lowest BCUT2D eigenvalue weighted by Gasteiger charge is -2.07. The van der Waals surface area contributed by atoms with Gasteiger partial charge in [-0.1, -0.05) is 18.2 Å². The highest BCUT2D eigenvalue weighted by atomic mass is 16.5. The number of hydrogen-bond donors (Lipinski definition) is 1. The minimum atomic E-state index is -0.192. The highest BCUT2D eigenvalue weighted by molar-refractivity contribution is 6.04. The second-order valence-electron chi connectivity index (χ2n) is 4.78.